The SMILES string of the molecule is CC(c1cccc(Cl)c1)N(C)CC1CSCCN1. The fourth-order valence-corrected chi connectivity index (χ4v) is 3.40. The average molecular weight is 285 g/mol. The smallest absolute Gasteiger partial charge is 0.0409 e. The van der Waals surface area contributed by atoms with Crippen molar-refractivity contribution >= 4 is 23.4 Å². The van der Waals surface area contributed by atoms with Crippen LogP contribution in [0.1, 0.15) is 18.5 Å². The number of hydrogen-bond donors (Lipinski definition) is 1. The van der Waals surface area contributed by atoms with Gasteiger partial charge in [0, 0.05) is 41.7 Å². The molecule has 0 aromatic heterocycles. The summed E-state index contributed by atoms with van der Waals surface area (Å²) in [5.41, 5.74) is 1.29. The highest BCUT2D eigenvalue weighted by molar-refractivity contribution is 7.99. The van der Waals surface area contributed by atoms with Gasteiger partial charge in [0.1, 0.15) is 0 Å². The van der Waals surface area contributed by atoms with E-state index in [2.05, 4.69) is 36.3 Å². The number of halogens is 1. The molecule has 4 heteroatoms. The predicted molar refractivity (Wildman–Crippen MR) is 81.6 cm³/mol. The molecule has 1 fully saturated rings. The van der Waals surface area contributed by atoms with Gasteiger partial charge in [-0.05, 0) is 31.7 Å². The van der Waals surface area contributed by atoms with Crippen LogP contribution in [0.25, 0.3) is 0 Å². The summed E-state index contributed by atoms with van der Waals surface area (Å²) in [6.45, 7) is 4.46. The molecular formula is C14H21ClN2S. The Hall–Kier alpha value is -0.220. The lowest BCUT2D eigenvalue weighted by Crippen LogP contribution is -2.45. The Kier molecular flexibility index (Phi) is 5.37. The predicted octanol–water partition coefficient (Wildman–Crippen LogP) is 3.04. The van der Waals surface area contributed by atoms with E-state index in [4.69, 9.17) is 11.6 Å². The van der Waals surface area contributed by atoms with Crippen molar-refractivity contribution in [1.82, 2.24) is 10.2 Å². The molecule has 1 N–H and O–H groups in total. The first-order chi connectivity index (χ1) is 8.66. The Morgan fingerprint density at radius 1 is 1.56 bits per heavy atom. The van der Waals surface area contributed by atoms with E-state index in [1.54, 1.807) is 0 Å². The first kappa shape index (κ1) is 14.2. The Bertz CT molecular complexity index is 380. The van der Waals surface area contributed by atoms with Crippen LogP contribution < -0.4 is 5.32 Å². The van der Waals surface area contributed by atoms with Gasteiger partial charge in [-0.25, -0.2) is 0 Å². The highest BCUT2D eigenvalue weighted by Gasteiger charge is 2.18. The maximum absolute atomic E-state index is 6.05. The van der Waals surface area contributed by atoms with E-state index in [-0.39, 0.29) is 0 Å². The van der Waals surface area contributed by atoms with Gasteiger partial charge in [0.15, 0.2) is 0 Å². The Balaban J connectivity index is 1.93. The maximum Gasteiger partial charge on any atom is 0.0409 e. The molecule has 0 spiro atoms. The number of hydrogen-bond acceptors (Lipinski definition) is 3. The fourth-order valence-electron chi connectivity index (χ4n) is 2.26. The van der Waals surface area contributed by atoms with Crippen molar-refractivity contribution in [2.45, 2.75) is 19.0 Å². The summed E-state index contributed by atoms with van der Waals surface area (Å²) in [4.78, 5) is 2.40. The monoisotopic (exact) mass is 284 g/mol. The largest absolute Gasteiger partial charge is 0.311 e. The highest BCUT2D eigenvalue weighted by atomic mass is 35.5. The zero-order valence-electron chi connectivity index (χ0n) is 11.0. The molecule has 18 heavy (non-hydrogen) atoms. The summed E-state index contributed by atoms with van der Waals surface area (Å²) >= 11 is 8.10. The molecule has 0 bridgehead atoms. The lowest BCUT2D eigenvalue weighted by molar-refractivity contribution is 0.237. The molecule has 1 aliphatic heterocycles. The van der Waals surface area contributed by atoms with Gasteiger partial charge in [-0.15, -0.1) is 0 Å². The fraction of sp³-hybridized carbons (Fsp3) is 0.571. The molecule has 100 valence electrons. The molecule has 1 saturated heterocycles. The number of rotatable bonds is 4. The van der Waals surface area contributed by atoms with Crippen LogP contribution in [0.2, 0.25) is 5.02 Å². The first-order valence-electron chi connectivity index (χ1n) is 6.43. The van der Waals surface area contributed by atoms with E-state index in [0.29, 0.717) is 12.1 Å². The van der Waals surface area contributed by atoms with Crippen molar-refractivity contribution in [3.8, 4) is 0 Å². The van der Waals surface area contributed by atoms with Gasteiger partial charge in [0.2, 0.25) is 0 Å². The Morgan fingerprint density at radius 3 is 3.06 bits per heavy atom. The third-order valence-corrected chi connectivity index (χ3v) is 4.87. The number of likely N-dealkylation sites (N-methyl/N-ethyl adjacent to an activating group) is 1. The van der Waals surface area contributed by atoms with Crippen LogP contribution in [0.5, 0.6) is 0 Å². The minimum absolute atomic E-state index is 0.400. The molecule has 0 radical (unpaired) electrons. The van der Waals surface area contributed by atoms with Crippen molar-refractivity contribution in [2.24, 2.45) is 0 Å². The van der Waals surface area contributed by atoms with Crippen molar-refractivity contribution in [1.29, 1.82) is 0 Å². The van der Waals surface area contributed by atoms with E-state index in [1.807, 2.05) is 23.9 Å². The van der Waals surface area contributed by atoms with Gasteiger partial charge in [-0.3, -0.25) is 4.90 Å². The van der Waals surface area contributed by atoms with E-state index >= 15 is 0 Å². The van der Waals surface area contributed by atoms with Gasteiger partial charge in [-0.2, -0.15) is 11.8 Å². The van der Waals surface area contributed by atoms with Crippen molar-refractivity contribution in [2.75, 3.05) is 31.6 Å². The highest BCUT2D eigenvalue weighted by Crippen LogP contribution is 2.22. The molecule has 0 amide bonds. The normalized spacial score (nSPS) is 22.1. The third-order valence-electron chi connectivity index (χ3n) is 3.50. The third kappa shape index (κ3) is 3.89. The number of nitrogens with zero attached hydrogens (tertiary/aromatic N) is 1. The van der Waals surface area contributed by atoms with Gasteiger partial charge in [0.25, 0.3) is 0 Å². The molecule has 1 aliphatic rings. The van der Waals surface area contributed by atoms with Crippen LogP contribution >= 0.6 is 23.4 Å². The second-order valence-electron chi connectivity index (χ2n) is 4.90. The minimum Gasteiger partial charge on any atom is -0.311 e. The molecule has 2 nitrogen and oxygen atoms in total. The molecule has 2 unspecified atom stereocenters. The standard InChI is InChI=1S/C14H21ClN2S/c1-11(12-4-3-5-13(15)8-12)17(2)9-14-10-18-7-6-16-14/h3-5,8,11,14,16H,6-7,9-10H2,1-2H3. The van der Waals surface area contributed by atoms with Crippen LogP contribution in [0, 0.1) is 0 Å². The molecule has 1 aromatic rings. The number of thioether (sulfide) groups is 1. The molecule has 1 aromatic carbocycles. The summed E-state index contributed by atoms with van der Waals surface area (Å²) in [5.74, 6) is 2.46. The van der Waals surface area contributed by atoms with Crippen LogP contribution in [0.3, 0.4) is 0 Å². The summed E-state index contributed by atoms with van der Waals surface area (Å²) in [6, 6.07) is 9.17. The van der Waals surface area contributed by atoms with Crippen LogP contribution in [0.4, 0.5) is 0 Å². The quantitative estimate of drug-likeness (QED) is 0.915. The van der Waals surface area contributed by atoms with Crippen LogP contribution in [-0.4, -0.2) is 42.6 Å². The topological polar surface area (TPSA) is 15.3 Å². The van der Waals surface area contributed by atoms with E-state index in [9.17, 15) is 0 Å². The average Bonchev–Trinajstić information content (AvgIpc) is 2.39. The van der Waals surface area contributed by atoms with Gasteiger partial charge in [-0.1, -0.05) is 23.7 Å². The second-order valence-corrected chi connectivity index (χ2v) is 6.48. The zero-order valence-corrected chi connectivity index (χ0v) is 12.6. The van der Waals surface area contributed by atoms with Crippen LogP contribution in [0.15, 0.2) is 24.3 Å². The van der Waals surface area contributed by atoms with E-state index < -0.39 is 0 Å². The number of benzene rings is 1. The first-order valence-corrected chi connectivity index (χ1v) is 7.97. The molecular weight excluding hydrogens is 264 g/mol. The van der Waals surface area contributed by atoms with Crippen molar-refractivity contribution < 1.29 is 0 Å². The lowest BCUT2D eigenvalue weighted by atomic mass is 10.1. The van der Waals surface area contributed by atoms with E-state index in [1.165, 1.54) is 17.1 Å². The van der Waals surface area contributed by atoms with Crippen molar-refractivity contribution in [3.05, 3.63) is 34.9 Å². The van der Waals surface area contributed by atoms with Crippen molar-refractivity contribution in [3.63, 3.8) is 0 Å². The summed E-state index contributed by atoms with van der Waals surface area (Å²) in [6.07, 6.45) is 0. The lowest BCUT2D eigenvalue weighted by Gasteiger charge is -2.31. The molecule has 0 saturated carbocycles. The Labute approximate surface area is 119 Å². The summed E-state index contributed by atoms with van der Waals surface area (Å²) in [5, 5.41) is 4.40. The molecule has 0 aliphatic carbocycles. The summed E-state index contributed by atoms with van der Waals surface area (Å²) < 4.78 is 0. The number of nitrogens with one attached hydrogen (secondary N) is 1. The second kappa shape index (κ2) is 6.80. The van der Waals surface area contributed by atoms with Crippen LogP contribution in [-0.2, 0) is 0 Å². The van der Waals surface area contributed by atoms with Gasteiger partial charge >= 0.3 is 0 Å². The van der Waals surface area contributed by atoms with Gasteiger partial charge in [0.05, 0.1) is 0 Å². The minimum atomic E-state index is 0.400. The molecule has 2 rings (SSSR count). The summed E-state index contributed by atoms with van der Waals surface area (Å²) in [7, 11) is 2.19. The molecule has 1 heterocycles. The zero-order chi connectivity index (χ0) is 13.0. The maximum atomic E-state index is 6.05. The van der Waals surface area contributed by atoms with E-state index in [0.717, 1.165) is 18.1 Å². The van der Waals surface area contributed by atoms with Gasteiger partial charge < -0.3 is 5.32 Å². The molecule has 2 atom stereocenters. The Morgan fingerprint density at radius 2 is 2.39 bits per heavy atom.